The van der Waals surface area contributed by atoms with E-state index in [-0.39, 0.29) is 6.29 Å². The van der Waals surface area contributed by atoms with Gasteiger partial charge in [0.2, 0.25) is 0 Å². The van der Waals surface area contributed by atoms with E-state index in [2.05, 4.69) is 28.1 Å². The minimum atomic E-state index is 0.00877. The Kier molecular flexibility index (Phi) is 15.3. The molecule has 0 saturated heterocycles. The Morgan fingerprint density at radius 1 is 0.889 bits per heavy atom. The highest BCUT2D eigenvalue weighted by molar-refractivity contribution is 9.09. The van der Waals surface area contributed by atoms with Crippen LogP contribution in [0, 0.1) is 0 Å². The SMILES string of the molecule is CCOC(CCCCC/C=C/CCCBr)OCC. The van der Waals surface area contributed by atoms with Gasteiger partial charge in [0.25, 0.3) is 0 Å². The third-order valence-electron chi connectivity index (χ3n) is 2.69. The Bertz CT molecular complexity index is 177. The zero-order valence-electron chi connectivity index (χ0n) is 12.0. The average molecular weight is 321 g/mol. The van der Waals surface area contributed by atoms with Crippen LogP contribution in [-0.4, -0.2) is 24.8 Å². The molecule has 0 unspecified atom stereocenters. The van der Waals surface area contributed by atoms with Crippen molar-refractivity contribution in [2.24, 2.45) is 0 Å². The highest BCUT2D eigenvalue weighted by Gasteiger charge is 2.06. The summed E-state index contributed by atoms with van der Waals surface area (Å²) in [4.78, 5) is 0. The number of alkyl halides is 1. The van der Waals surface area contributed by atoms with Crippen LogP contribution in [0.1, 0.15) is 58.8 Å². The molecule has 0 spiro atoms. The van der Waals surface area contributed by atoms with Crippen LogP contribution in [0.2, 0.25) is 0 Å². The Morgan fingerprint density at radius 2 is 1.50 bits per heavy atom. The van der Waals surface area contributed by atoms with E-state index in [1.807, 2.05) is 13.8 Å². The fourth-order valence-electron chi connectivity index (χ4n) is 1.77. The standard InChI is InChI=1S/C15H29BrO2/c1-3-17-15(18-4-2)13-11-9-7-5-6-8-10-12-14-16/h6,8,15H,3-5,7,9-14H2,1-2H3/b8-6+. The van der Waals surface area contributed by atoms with Gasteiger partial charge in [0.15, 0.2) is 6.29 Å². The van der Waals surface area contributed by atoms with E-state index < -0.39 is 0 Å². The zero-order chi connectivity index (χ0) is 13.5. The van der Waals surface area contributed by atoms with Gasteiger partial charge in [0, 0.05) is 18.5 Å². The van der Waals surface area contributed by atoms with Crippen LogP contribution in [0.5, 0.6) is 0 Å². The fourth-order valence-corrected chi connectivity index (χ4v) is 2.09. The molecule has 0 aliphatic heterocycles. The summed E-state index contributed by atoms with van der Waals surface area (Å²) in [5, 5.41) is 1.10. The highest BCUT2D eigenvalue weighted by atomic mass is 79.9. The third kappa shape index (κ3) is 12.6. The van der Waals surface area contributed by atoms with Gasteiger partial charge in [-0.15, -0.1) is 0 Å². The van der Waals surface area contributed by atoms with Crippen molar-refractivity contribution >= 4 is 15.9 Å². The second kappa shape index (κ2) is 15.2. The Hall–Kier alpha value is 0.140. The van der Waals surface area contributed by atoms with Crippen molar-refractivity contribution in [3.05, 3.63) is 12.2 Å². The molecule has 0 bridgehead atoms. The molecule has 0 aliphatic rings. The summed E-state index contributed by atoms with van der Waals surface area (Å²) < 4.78 is 11.0. The molecule has 3 heteroatoms. The number of unbranched alkanes of at least 4 members (excludes halogenated alkanes) is 4. The van der Waals surface area contributed by atoms with Gasteiger partial charge in [-0.2, -0.15) is 0 Å². The highest BCUT2D eigenvalue weighted by Crippen LogP contribution is 2.10. The van der Waals surface area contributed by atoms with Gasteiger partial charge in [-0.1, -0.05) is 34.5 Å². The summed E-state index contributed by atoms with van der Waals surface area (Å²) in [6, 6.07) is 0. The number of hydrogen-bond acceptors (Lipinski definition) is 2. The molecule has 0 saturated carbocycles. The lowest BCUT2D eigenvalue weighted by Gasteiger charge is -2.16. The largest absolute Gasteiger partial charge is 0.353 e. The summed E-state index contributed by atoms with van der Waals surface area (Å²) >= 11 is 3.43. The molecule has 108 valence electrons. The molecule has 0 heterocycles. The maximum atomic E-state index is 5.51. The van der Waals surface area contributed by atoms with Gasteiger partial charge in [-0.05, 0) is 52.4 Å². The molecule has 0 atom stereocenters. The van der Waals surface area contributed by atoms with E-state index >= 15 is 0 Å². The third-order valence-corrected chi connectivity index (χ3v) is 3.25. The van der Waals surface area contributed by atoms with Gasteiger partial charge in [-0.25, -0.2) is 0 Å². The molecule has 0 aromatic heterocycles. The first kappa shape index (κ1) is 18.1. The van der Waals surface area contributed by atoms with Crippen molar-refractivity contribution in [2.45, 2.75) is 65.1 Å². The average Bonchev–Trinajstić information content (AvgIpc) is 2.37. The zero-order valence-corrected chi connectivity index (χ0v) is 13.6. The predicted octanol–water partition coefficient (Wildman–Crippen LogP) is 5.07. The first-order valence-electron chi connectivity index (χ1n) is 7.29. The quantitative estimate of drug-likeness (QED) is 0.204. The van der Waals surface area contributed by atoms with Gasteiger partial charge in [-0.3, -0.25) is 0 Å². The number of halogens is 1. The molecule has 0 radical (unpaired) electrons. The van der Waals surface area contributed by atoms with E-state index in [1.165, 1.54) is 38.5 Å². The van der Waals surface area contributed by atoms with Crippen molar-refractivity contribution < 1.29 is 9.47 Å². The number of allylic oxidation sites excluding steroid dienone is 2. The van der Waals surface area contributed by atoms with Gasteiger partial charge in [0.05, 0.1) is 0 Å². The van der Waals surface area contributed by atoms with Crippen molar-refractivity contribution in [3.63, 3.8) is 0 Å². The Morgan fingerprint density at radius 3 is 2.06 bits per heavy atom. The van der Waals surface area contributed by atoms with Crippen LogP contribution in [0.25, 0.3) is 0 Å². The smallest absolute Gasteiger partial charge is 0.157 e. The lowest BCUT2D eigenvalue weighted by molar-refractivity contribution is -0.140. The van der Waals surface area contributed by atoms with Crippen molar-refractivity contribution in [1.82, 2.24) is 0 Å². The van der Waals surface area contributed by atoms with Gasteiger partial charge < -0.3 is 9.47 Å². The fraction of sp³-hybridized carbons (Fsp3) is 0.867. The van der Waals surface area contributed by atoms with Crippen LogP contribution in [0.15, 0.2) is 12.2 Å². The topological polar surface area (TPSA) is 18.5 Å². The molecule has 0 N–H and O–H groups in total. The van der Waals surface area contributed by atoms with Crippen LogP contribution < -0.4 is 0 Å². The van der Waals surface area contributed by atoms with Gasteiger partial charge >= 0.3 is 0 Å². The minimum Gasteiger partial charge on any atom is -0.353 e. The molecule has 0 aromatic carbocycles. The number of ether oxygens (including phenoxy) is 2. The summed E-state index contributed by atoms with van der Waals surface area (Å²) in [5.41, 5.74) is 0. The molecule has 0 rings (SSSR count). The van der Waals surface area contributed by atoms with E-state index in [1.54, 1.807) is 0 Å². The van der Waals surface area contributed by atoms with E-state index in [9.17, 15) is 0 Å². The number of rotatable bonds is 13. The van der Waals surface area contributed by atoms with Crippen molar-refractivity contribution in [3.8, 4) is 0 Å². The lowest BCUT2D eigenvalue weighted by atomic mass is 10.1. The van der Waals surface area contributed by atoms with Crippen LogP contribution in [-0.2, 0) is 9.47 Å². The molecule has 2 nitrogen and oxygen atoms in total. The second-order valence-corrected chi connectivity index (χ2v) is 5.07. The number of hydrogen-bond donors (Lipinski definition) is 0. The first-order valence-corrected chi connectivity index (χ1v) is 8.41. The first-order chi connectivity index (χ1) is 8.85. The normalized spacial score (nSPS) is 11.8. The Balaban J connectivity index is 3.34. The monoisotopic (exact) mass is 320 g/mol. The molecule has 0 aliphatic carbocycles. The molecular formula is C15H29BrO2. The summed E-state index contributed by atoms with van der Waals surface area (Å²) in [7, 11) is 0. The summed E-state index contributed by atoms with van der Waals surface area (Å²) in [6.07, 6.45) is 13.0. The van der Waals surface area contributed by atoms with E-state index in [0.717, 1.165) is 25.0 Å². The molecule has 0 fully saturated rings. The van der Waals surface area contributed by atoms with Crippen molar-refractivity contribution in [1.29, 1.82) is 0 Å². The molecule has 0 amide bonds. The molecule has 0 aromatic rings. The maximum Gasteiger partial charge on any atom is 0.157 e. The second-order valence-electron chi connectivity index (χ2n) is 4.28. The lowest BCUT2D eigenvalue weighted by Crippen LogP contribution is -2.17. The van der Waals surface area contributed by atoms with Crippen LogP contribution in [0.4, 0.5) is 0 Å². The molecular weight excluding hydrogens is 292 g/mol. The van der Waals surface area contributed by atoms with Gasteiger partial charge in [0.1, 0.15) is 0 Å². The summed E-state index contributed by atoms with van der Waals surface area (Å²) in [6.45, 7) is 5.51. The van der Waals surface area contributed by atoms with Crippen LogP contribution in [0.3, 0.4) is 0 Å². The van der Waals surface area contributed by atoms with E-state index in [0.29, 0.717) is 0 Å². The Labute approximate surface area is 121 Å². The maximum absolute atomic E-state index is 5.51. The predicted molar refractivity (Wildman–Crippen MR) is 82.3 cm³/mol. The van der Waals surface area contributed by atoms with E-state index in [4.69, 9.17) is 9.47 Å². The minimum absolute atomic E-state index is 0.00877. The van der Waals surface area contributed by atoms with Crippen molar-refractivity contribution in [2.75, 3.05) is 18.5 Å². The summed E-state index contributed by atoms with van der Waals surface area (Å²) in [5.74, 6) is 0. The molecule has 18 heavy (non-hydrogen) atoms. The van der Waals surface area contributed by atoms with Crippen LogP contribution >= 0.6 is 15.9 Å².